The first-order valence-electron chi connectivity index (χ1n) is 9.44. The van der Waals surface area contributed by atoms with E-state index in [4.69, 9.17) is 4.74 Å². The zero-order chi connectivity index (χ0) is 18.4. The molecule has 1 aromatic heterocycles. The van der Waals surface area contributed by atoms with Gasteiger partial charge in [-0.15, -0.1) is 0 Å². The van der Waals surface area contributed by atoms with Gasteiger partial charge in [0.2, 0.25) is 0 Å². The molecule has 1 amide bonds. The molecule has 140 valence electrons. The van der Waals surface area contributed by atoms with Gasteiger partial charge in [-0.25, -0.2) is 0 Å². The molecule has 1 N–H and O–H groups in total. The lowest BCUT2D eigenvalue weighted by Gasteiger charge is -2.26. The highest BCUT2D eigenvalue weighted by Crippen LogP contribution is 2.17. The van der Waals surface area contributed by atoms with Crippen LogP contribution >= 0.6 is 0 Å². The smallest absolute Gasteiger partial charge is 0.253 e. The number of nitrogens with zero attached hydrogens (tertiary/aromatic N) is 2. The van der Waals surface area contributed by atoms with Gasteiger partial charge in [0, 0.05) is 37.6 Å². The zero-order valence-corrected chi connectivity index (χ0v) is 15.8. The maximum Gasteiger partial charge on any atom is 0.253 e. The van der Waals surface area contributed by atoms with Crippen LogP contribution in [0.15, 0.2) is 36.4 Å². The van der Waals surface area contributed by atoms with Crippen molar-refractivity contribution in [2.45, 2.75) is 26.8 Å². The molecule has 0 atom stereocenters. The van der Waals surface area contributed by atoms with E-state index in [9.17, 15) is 4.79 Å². The molecule has 1 aromatic carbocycles. The average molecular weight is 355 g/mol. The lowest BCUT2D eigenvalue weighted by Crippen LogP contribution is -2.38. The van der Waals surface area contributed by atoms with E-state index in [-0.39, 0.29) is 5.91 Å². The molecule has 1 fully saturated rings. The van der Waals surface area contributed by atoms with E-state index < -0.39 is 0 Å². The molecule has 2 heterocycles. The van der Waals surface area contributed by atoms with Gasteiger partial charge in [0.05, 0.1) is 18.8 Å². The number of morpholine rings is 1. The van der Waals surface area contributed by atoms with Crippen LogP contribution in [0.2, 0.25) is 0 Å². The topological polar surface area (TPSA) is 46.5 Å². The van der Waals surface area contributed by atoms with Crippen LogP contribution < -0.4 is 5.32 Å². The largest absolute Gasteiger partial charge is 0.379 e. The molecule has 0 radical (unpaired) electrons. The molecule has 0 bridgehead atoms. The van der Waals surface area contributed by atoms with Crippen molar-refractivity contribution in [2.24, 2.45) is 0 Å². The number of carbonyl (C=O) groups is 1. The van der Waals surface area contributed by atoms with Crippen molar-refractivity contribution in [3.8, 4) is 0 Å². The second-order valence-electron chi connectivity index (χ2n) is 6.92. The van der Waals surface area contributed by atoms with Gasteiger partial charge in [-0.3, -0.25) is 9.69 Å². The Balaban J connectivity index is 1.53. The molecule has 1 aliphatic heterocycles. The lowest BCUT2D eigenvalue weighted by molar-refractivity contribution is 0.0374. The number of nitrogens with one attached hydrogen (secondary N) is 1. The van der Waals surface area contributed by atoms with Crippen LogP contribution in [0, 0.1) is 13.8 Å². The van der Waals surface area contributed by atoms with Crippen LogP contribution in [-0.2, 0) is 11.3 Å². The molecule has 0 spiro atoms. The van der Waals surface area contributed by atoms with Crippen LogP contribution in [0.3, 0.4) is 0 Å². The van der Waals surface area contributed by atoms with Gasteiger partial charge in [-0.05, 0) is 38.4 Å². The van der Waals surface area contributed by atoms with Crippen molar-refractivity contribution in [1.82, 2.24) is 14.8 Å². The maximum atomic E-state index is 12.6. The van der Waals surface area contributed by atoms with E-state index in [1.54, 1.807) is 0 Å². The van der Waals surface area contributed by atoms with Crippen LogP contribution in [0.5, 0.6) is 0 Å². The van der Waals surface area contributed by atoms with Crippen LogP contribution in [0.4, 0.5) is 0 Å². The Morgan fingerprint density at radius 2 is 1.88 bits per heavy atom. The number of aryl methyl sites for hydroxylation is 1. The molecular weight excluding hydrogens is 326 g/mol. The van der Waals surface area contributed by atoms with Crippen molar-refractivity contribution < 1.29 is 9.53 Å². The molecule has 26 heavy (non-hydrogen) atoms. The number of hydrogen-bond donors (Lipinski definition) is 1. The summed E-state index contributed by atoms with van der Waals surface area (Å²) in [5.74, 6) is 0.0272. The first-order valence-corrected chi connectivity index (χ1v) is 9.44. The van der Waals surface area contributed by atoms with Gasteiger partial charge < -0.3 is 14.6 Å². The van der Waals surface area contributed by atoms with E-state index in [1.165, 1.54) is 5.56 Å². The summed E-state index contributed by atoms with van der Waals surface area (Å²) in [6.45, 7) is 10.2. The fraction of sp³-hybridized carbons (Fsp3) is 0.476. The van der Waals surface area contributed by atoms with E-state index in [2.05, 4.69) is 33.8 Å². The predicted octanol–water partition coefficient (Wildman–Crippen LogP) is 2.61. The second-order valence-corrected chi connectivity index (χ2v) is 6.92. The number of benzene rings is 1. The highest BCUT2D eigenvalue weighted by Gasteiger charge is 2.16. The molecule has 5 heteroatoms. The van der Waals surface area contributed by atoms with Crippen molar-refractivity contribution in [3.63, 3.8) is 0 Å². The summed E-state index contributed by atoms with van der Waals surface area (Å²) in [7, 11) is 0. The Kier molecular flexibility index (Phi) is 6.47. The minimum Gasteiger partial charge on any atom is -0.379 e. The molecule has 2 aromatic rings. The molecule has 1 aliphatic rings. The van der Waals surface area contributed by atoms with Crippen LogP contribution in [0.1, 0.15) is 33.7 Å². The summed E-state index contributed by atoms with van der Waals surface area (Å²) in [5.41, 5.74) is 4.17. The van der Waals surface area contributed by atoms with Gasteiger partial charge in [0.15, 0.2) is 0 Å². The molecule has 0 unspecified atom stereocenters. The number of carbonyl (C=O) groups excluding carboxylic acids is 1. The van der Waals surface area contributed by atoms with E-state index >= 15 is 0 Å². The van der Waals surface area contributed by atoms with Gasteiger partial charge in [-0.1, -0.05) is 30.3 Å². The van der Waals surface area contributed by atoms with Crippen molar-refractivity contribution in [1.29, 1.82) is 0 Å². The minimum absolute atomic E-state index is 0.0272. The average Bonchev–Trinajstić information content (AvgIpc) is 2.95. The minimum atomic E-state index is 0.0272. The fourth-order valence-corrected chi connectivity index (χ4v) is 3.46. The summed E-state index contributed by atoms with van der Waals surface area (Å²) in [6.07, 6.45) is 0.967. The van der Waals surface area contributed by atoms with E-state index in [1.807, 2.05) is 31.2 Å². The summed E-state index contributed by atoms with van der Waals surface area (Å²) < 4.78 is 7.56. The number of ether oxygens (including phenoxy) is 1. The predicted molar refractivity (Wildman–Crippen MR) is 104 cm³/mol. The molecule has 5 nitrogen and oxygen atoms in total. The first-order chi connectivity index (χ1) is 12.6. The number of hydrogen-bond acceptors (Lipinski definition) is 3. The number of rotatable bonds is 7. The second kappa shape index (κ2) is 9.01. The molecule has 0 saturated carbocycles. The quantitative estimate of drug-likeness (QED) is 0.777. The zero-order valence-electron chi connectivity index (χ0n) is 15.8. The van der Waals surface area contributed by atoms with Crippen molar-refractivity contribution >= 4 is 5.91 Å². The summed E-state index contributed by atoms with van der Waals surface area (Å²) in [4.78, 5) is 15.0. The normalized spacial score (nSPS) is 15.2. The Morgan fingerprint density at radius 3 is 2.62 bits per heavy atom. The van der Waals surface area contributed by atoms with Crippen molar-refractivity contribution in [3.05, 3.63) is 58.9 Å². The standard InChI is InChI=1S/C21H29N3O2/c1-17-15-20(18(2)24(17)16-19-7-4-3-5-8-19)21(25)22-9-6-10-23-11-13-26-14-12-23/h3-5,7-8,15H,6,9-14,16H2,1-2H3,(H,22,25). The number of amides is 1. The lowest BCUT2D eigenvalue weighted by atomic mass is 10.2. The van der Waals surface area contributed by atoms with Gasteiger partial charge in [0.25, 0.3) is 5.91 Å². The molecule has 3 rings (SSSR count). The van der Waals surface area contributed by atoms with Crippen LogP contribution in [0.25, 0.3) is 0 Å². The molecular formula is C21H29N3O2. The summed E-state index contributed by atoms with van der Waals surface area (Å²) >= 11 is 0. The highest BCUT2D eigenvalue weighted by atomic mass is 16.5. The molecule has 0 aliphatic carbocycles. The van der Waals surface area contributed by atoms with Gasteiger partial charge in [0.1, 0.15) is 0 Å². The van der Waals surface area contributed by atoms with Gasteiger partial charge >= 0.3 is 0 Å². The summed E-state index contributed by atoms with van der Waals surface area (Å²) in [5, 5.41) is 3.07. The Labute approximate surface area is 156 Å². The fourth-order valence-electron chi connectivity index (χ4n) is 3.46. The Bertz CT molecular complexity index is 718. The van der Waals surface area contributed by atoms with Crippen molar-refractivity contribution in [2.75, 3.05) is 39.4 Å². The third-order valence-electron chi connectivity index (χ3n) is 5.04. The van der Waals surface area contributed by atoms with Gasteiger partial charge in [-0.2, -0.15) is 0 Å². The van der Waals surface area contributed by atoms with E-state index in [0.29, 0.717) is 6.54 Å². The molecule has 1 saturated heterocycles. The third kappa shape index (κ3) is 4.74. The highest BCUT2D eigenvalue weighted by molar-refractivity contribution is 5.95. The first kappa shape index (κ1) is 18.7. The maximum absolute atomic E-state index is 12.6. The van der Waals surface area contributed by atoms with E-state index in [0.717, 1.165) is 62.8 Å². The monoisotopic (exact) mass is 355 g/mol. The third-order valence-corrected chi connectivity index (χ3v) is 5.04. The number of aromatic nitrogens is 1. The van der Waals surface area contributed by atoms with Crippen LogP contribution in [-0.4, -0.2) is 54.8 Å². The summed E-state index contributed by atoms with van der Waals surface area (Å²) in [6, 6.07) is 12.3. The Hall–Kier alpha value is -2.11. The SMILES string of the molecule is Cc1cc(C(=O)NCCCN2CCOCC2)c(C)n1Cc1ccccc1. The Morgan fingerprint density at radius 1 is 1.15 bits per heavy atom.